The van der Waals surface area contributed by atoms with E-state index in [0.717, 1.165) is 0 Å². The van der Waals surface area contributed by atoms with Gasteiger partial charge in [0.05, 0.1) is 18.7 Å². The maximum atomic E-state index is 13.2. The van der Waals surface area contributed by atoms with Crippen LogP contribution in [0.4, 0.5) is 11.4 Å². The second-order valence-electron chi connectivity index (χ2n) is 6.66. The predicted molar refractivity (Wildman–Crippen MR) is 114 cm³/mol. The van der Waals surface area contributed by atoms with E-state index in [1.54, 1.807) is 32.2 Å². The lowest BCUT2D eigenvalue weighted by Gasteiger charge is -2.23. The number of anilines is 2. The number of benzene rings is 2. The van der Waals surface area contributed by atoms with Crippen molar-refractivity contribution in [2.45, 2.75) is 25.8 Å². The summed E-state index contributed by atoms with van der Waals surface area (Å²) in [4.78, 5) is 37.1. The first kappa shape index (κ1) is 21.0. The molecule has 0 saturated carbocycles. The topological polar surface area (TPSA) is 100 Å². The van der Waals surface area contributed by atoms with Crippen molar-refractivity contribution in [3.05, 3.63) is 60.2 Å². The third-order valence-electron chi connectivity index (χ3n) is 4.65. The minimum absolute atomic E-state index is 0.122. The molecule has 8 nitrogen and oxygen atoms in total. The van der Waals surface area contributed by atoms with Crippen molar-refractivity contribution < 1.29 is 19.1 Å². The van der Waals surface area contributed by atoms with Gasteiger partial charge in [-0.25, -0.2) is 4.79 Å². The van der Waals surface area contributed by atoms with Crippen LogP contribution in [0.15, 0.2) is 59.7 Å². The number of hydrogen-bond acceptors (Lipinski definition) is 6. The van der Waals surface area contributed by atoms with E-state index in [0.29, 0.717) is 16.9 Å². The number of amides is 2. The quantitative estimate of drug-likeness (QED) is 0.684. The molecule has 2 amide bonds. The first-order chi connectivity index (χ1) is 14.5. The Morgan fingerprint density at radius 3 is 2.50 bits per heavy atom. The maximum Gasteiger partial charge on any atom is 0.354 e. The number of hydrogen-bond donors (Lipinski definition) is 2. The van der Waals surface area contributed by atoms with Gasteiger partial charge in [0.2, 0.25) is 11.8 Å². The fourth-order valence-electron chi connectivity index (χ4n) is 3.14. The Kier molecular flexibility index (Phi) is 6.79. The molecule has 0 aliphatic carbocycles. The molecule has 0 spiro atoms. The number of para-hydroxylation sites is 2. The summed E-state index contributed by atoms with van der Waals surface area (Å²) in [6.45, 7) is 1.95. The van der Waals surface area contributed by atoms with Gasteiger partial charge in [0, 0.05) is 19.2 Å². The Balaban J connectivity index is 1.84. The standard InChI is InChI=1S/C22H24N4O4/c1-3-30-22(29)18-14-19(26(25-18)16-10-5-4-6-11-16)21(28)24-17-12-8-7-9-15(17)13-20(27)23-2/h4-12,19H,3,13-14H2,1-2H3,(H,23,27)(H,24,28). The molecule has 1 unspecified atom stereocenters. The highest BCUT2D eigenvalue weighted by Gasteiger charge is 2.37. The van der Waals surface area contributed by atoms with E-state index in [9.17, 15) is 14.4 Å². The summed E-state index contributed by atoms with van der Waals surface area (Å²) < 4.78 is 5.06. The van der Waals surface area contributed by atoms with Crippen LogP contribution in [-0.4, -0.2) is 43.2 Å². The lowest BCUT2D eigenvalue weighted by Crippen LogP contribution is -2.39. The number of ether oxygens (including phenoxy) is 1. The minimum atomic E-state index is -0.722. The number of esters is 1. The number of nitrogens with one attached hydrogen (secondary N) is 2. The average Bonchev–Trinajstić information content (AvgIpc) is 3.21. The van der Waals surface area contributed by atoms with Crippen LogP contribution in [0, 0.1) is 0 Å². The molecule has 1 aliphatic rings. The van der Waals surface area contributed by atoms with Gasteiger partial charge in [0.15, 0.2) is 0 Å². The average molecular weight is 408 g/mol. The van der Waals surface area contributed by atoms with Gasteiger partial charge in [-0.05, 0) is 30.7 Å². The first-order valence-corrected chi connectivity index (χ1v) is 9.71. The first-order valence-electron chi connectivity index (χ1n) is 9.71. The summed E-state index contributed by atoms with van der Waals surface area (Å²) in [6.07, 6.45) is 0.266. The van der Waals surface area contributed by atoms with Gasteiger partial charge in [0.25, 0.3) is 0 Å². The Morgan fingerprint density at radius 1 is 1.10 bits per heavy atom. The van der Waals surface area contributed by atoms with Crippen LogP contribution >= 0.6 is 0 Å². The Bertz CT molecular complexity index is 959. The number of rotatable bonds is 7. The second-order valence-corrected chi connectivity index (χ2v) is 6.66. The normalized spacial score (nSPS) is 15.3. The number of nitrogens with zero attached hydrogens (tertiary/aromatic N) is 2. The molecular weight excluding hydrogens is 384 g/mol. The largest absolute Gasteiger partial charge is 0.461 e. The molecule has 0 saturated heterocycles. The van der Waals surface area contributed by atoms with E-state index in [2.05, 4.69) is 15.7 Å². The molecule has 0 radical (unpaired) electrons. The van der Waals surface area contributed by atoms with Gasteiger partial charge in [-0.1, -0.05) is 36.4 Å². The maximum absolute atomic E-state index is 13.2. The highest BCUT2D eigenvalue weighted by Crippen LogP contribution is 2.26. The fourth-order valence-corrected chi connectivity index (χ4v) is 3.14. The van der Waals surface area contributed by atoms with Crippen LogP contribution in [0.5, 0.6) is 0 Å². The zero-order valence-electron chi connectivity index (χ0n) is 16.9. The van der Waals surface area contributed by atoms with Gasteiger partial charge in [-0.2, -0.15) is 5.10 Å². The third-order valence-corrected chi connectivity index (χ3v) is 4.65. The van der Waals surface area contributed by atoms with E-state index < -0.39 is 12.0 Å². The lowest BCUT2D eigenvalue weighted by molar-refractivity contribution is -0.135. The molecule has 30 heavy (non-hydrogen) atoms. The highest BCUT2D eigenvalue weighted by atomic mass is 16.5. The van der Waals surface area contributed by atoms with Crippen molar-refractivity contribution in [1.82, 2.24) is 5.32 Å². The van der Waals surface area contributed by atoms with Crippen molar-refractivity contribution in [2.24, 2.45) is 5.10 Å². The highest BCUT2D eigenvalue weighted by molar-refractivity contribution is 6.38. The molecule has 156 valence electrons. The predicted octanol–water partition coefficient (Wildman–Crippen LogP) is 2.11. The van der Waals surface area contributed by atoms with E-state index in [1.807, 2.05) is 36.4 Å². The summed E-state index contributed by atoms with van der Waals surface area (Å²) in [6, 6.07) is 15.6. The third kappa shape index (κ3) is 4.83. The van der Waals surface area contributed by atoms with E-state index in [1.165, 1.54) is 5.01 Å². The van der Waals surface area contributed by atoms with Crippen molar-refractivity contribution in [2.75, 3.05) is 24.0 Å². The summed E-state index contributed by atoms with van der Waals surface area (Å²) in [5.41, 5.74) is 2.12. The van der Waals surface area contributed by atoms with Crippen LogP contribution in [0.2, 0.25) is 0 Å². The molecular formula is C22H24N4O4. The summed E-state index contributed by atoms with van der Waals surface area (Å²) in [5.74, 6) is -1.02. The second kappa shape index (κ2) is 9.69. The lowest BCUT2D eigenvalue weighted by atomic mass is 10.1. The molecule has 2 N–H and O–H groups in total. The molecule has 0 fully saturated rings. The van der Waals surface area contributed by atoms with E-state index >= 15 is 0 Å². The number of carbonyl (C=O) groups excluding carboxylic acids is 3. The molecule has 2 aromatic rings. The van der Waals surface area contributed by atoms with E-state index in [-0.39, 0.29) is 37.0 Å². The van der Waals surface area contributed by atoms with Crippen LogP contribution < -0.4 is 15.6 Å². The van der Waals surface area contributed by atoms with Gasteiger partial charge < -0.3 is 15.4 Å². The van der Waals surface area contributed by atoms with Gasteiger partial charge in [-0.15, -0.1) is 0 Å². The van der Waals surface area contributed by atoms with Crippen LogP contribution in [0.3, 0.4) is 0 Å². The fraction of sp³-hybridized carbons (Fsp3) is 0.273. The number of carbonyl (C=O) groups is 3. The molecule has 3 rings (SSSR count). The van der Waals surface area contributed by atoms with Gasteiger partial charge in [-0.3, -0.25) is 14.6 Å². The molecule has 0 bridgehead atoms. The van der Waals surface area contributed by atoms with Gasteiger partial charge in [0.1, 0.15) is 11.8 Å². The monoisotopic (exact) mass is 408 g/mol. The Labute approximate surface area is 174 Å². The SMILES string of the molecule is CCOC(=O)C1=NN(c2ccccc2)C(C(=O)Nc2ccccc2CC(=O)NC)C1. The van der Waals surface area contributed by atoms with Crippen molar-refractivity contribution in [1.29, 1.82) is 0 Å². The van der Waals surface area contributed by atoms with E-state index in [4.69, 9.17) is 4.74 Å². The summed E-state index contributed by atoms with van der Waals surface area (Å²) in [7, 11) is 1.56. The van der Waals surface area contributed by atoms with Crippen molar-refractivity contribution in [3.8, 4) is 0 Å². The molecule has 1 aliphatic heterocycles. The molecule has 2 aromatic carbocycles. The Morgan fingerprint density at radius 2 is 1.80 bits per heavy atom. The van der Waals surface area contributed by atoms with Crippen molar-refractivity contribution >= 4 is 34.9 Å². The zero-order chi connectivity index (χ0) is 21.5. The summed E-state index contributed by atoms with van der Waals surface area (Å²) in [5, 5.41) is 11.4. The molecule has 0 aromatic heterocycles. The number of hydrazone groups is 1. The molecule has 1 atom stereocenters. The smallest absolute Gasteiger partial charge is 0.354 e. The van der Waals surface area contributed by atoms with Crippen LogP contribution in [0.25, 0.3) is 0 Å². The number of likely N-dealkylation sites (N-methyl/N-ethyl adjacent to an activating group) is 1. The molecule has 8 heteroatoms. The molecule has 1 heterocycles. The minimum Gasteiger partial charge on any atom is -0.461 e. The zero-order valence-corrected chi connectivity index (χ0v) is 16.9. The van der Waals surface area contributed by atoms with Gasteiger partial charge >= 0.3 is 5.97 Å². The van der Waals surface area contributed by atoms with Crippen molar-refractivity contribution in [3.63, 3.8) is 0 Å². The van der Waals surface area contributed by atoms with Crippen LogP contribution in [0.1, 0.15) is 18.9 Å². The Hall–Kier alpha value is -3.68. The van der Waals surface area contributed by atoms with Crippen LogP contribution in [-0.2, 0) is 25.5 Å². The summed E-state index contributed by atoms with van der Waals surface area (Å²) >= 11 is 0.